The summed E-state index contributed by atoms with van der Waals surface area (Å²) in [5.74, 6) is -0.301. The summed E-state index contributed by atoms with van der Waals surface area (Å²) < 4.78 is 6.21. The molecule has 0 atom stereocenters. The van der Waals surface area contributed by atoms with E-state index in [-0.39, 0.29) is 5.82 Å². The maximum absolute atomic E-state index is 11.2. The molecule has 0 amide bonds. The van der Waals surface area contributed by atoms with Crippen LogP contribution in [0.1, 0.15) is 30.9 Å². The van der Waals surface area contributed by atoms with E-state index in [9.17, 15) is 4.79 Å². The predicted molar refractivity (Wildman–Crippen MR) is 44.1 cm³/mol. The molecular formula is C7H12N4O2. The fourth-order valence-electron chi connectivity index (χ4n) is 0.909. The van der Waals surface area contributed by atoms with Gasteiger partial charge in [0.2, 0.25) is 0 Å². The lowest BCUT2D eigenvalue weighted by molar-refractivity contribution is 0.0504. The monoisotopic (exact) mass is 184 g/mol. The van der Waals surface area contributed by atoms with Crippen molar-refractivity contribution >= 4 is 5.97 Å². The molecule has 0 radical (unpaired) electrons. The van der Waals surface area contributed by atoms with Crippen molar-refractivity contribution in [3.63, 3.8) is 0 Å². The van der Waals surface area contributed by atoms with Crippen molar-refractivity contribution in [3.05, 3.63) is 5.82 Å². The van der Waals surface area contributed by atoms with Crippen LogP contribution in [0, 0.1) is 0 Å². The molecule has 72 valence electrons. The van der Waals surface area contributed by atoms with Gasteiger partial charge in [-0.05, 0) is 23.8 Å². The van der Waals surface area contributed by atoms with E-state index >= 15 is 0 Å². The summed E-state index contributed by atoms with van der Waals surface area (Å²) >= 11 is 0. The van der Waals surface area contributed by atoms with Gasteiger partial charge in [0.05, 0.1) is 6.61 Å². The Kier molecular flexibility index (Phi) is 3.36. The van der Waals surface area contributed by atoms with Crippen molar-refractivity contribution in [2.24, 2.45) is 0 Å². The van der Waals surface area contributed by atoms with Gasteiger partial charge in [0, 0.05) is 6.54 Å². The van der Waals surface area contributed by atoms with Crippen LogP contribution < -0.4 is 0 Å². The first-order chi connectivity index (χ1) is 6.29. The lowest BCUT2D eigenvalue weighted by Gasteiger charge is -2.01. The Hall–Kier alpha value is -1.46. The number of esters is 1. The number of ether oxygens (including phenoxy) is 1. The van der Waals surface area contributed by atoms with Crippen molar-refractivity contribution < 1.29 is 9.53 Å². The third-order valence-corrected chi connectivity index (χ3v) is 1.43. The highest BCUT2D eigenvalue weighted by molar-refractivity contribution is 5.85. The number of aryl methyl sites for hydroxylation is 1. The maximum Gasteiger partial charge on any atom is 0.378 e. The summed E-state index contributed by atoms with van der Waals surface area (Å²) in [4.78, 5) is 11.2. The zero-order valence-corrected chi connectivity index (χ0v) is 7.73. The molecule has 0 aliphatic rings. The standard InChI is InChI=1S/C7H12N4O2/c1-3-5-11-6(8-9-10-11)7(12)13-4-2/h3-5H2,1-2H3. The molecule has 1 aromatic rings. The quantitative estimate of drug-likeness (QED) is 0.628. The number of rotatable bonds is 4. The molecule has 6 nitrogen and oxygen atoms in total. The molecule has 6 heteroatoms. The lowest BCUT2D eigenvalue weighted by Crippen LogP contribution is -2.14. The second-order valence-corrected chi connectivity index (χ2v) is 2.45. The molecule has 0 unspecified atom stereocenters. The molecule has 1 aromatic heterocycles. The van der Waals surface area contributed by atoms with Gasteiger partial charge in [-0.3, -0.25) is 0 Å². The van der Waals surface area contributed by atoms with Crippen LogP contribution in [-0.2, 0) is 11.3 Å². The molecule has 0 aromatic carbocycles. The van der Waals surface area contributed by atoms with Crippen LogP contribution in [0.3, 0.4) is 0 Å². The SMILES string of the molecule is CCCn1nnnc1C(=O)OCC. The van der Waals surface area contributed by atoms with Gasteiger partial charge in [-0.15, -0.1) is 5.10 Å². The van der Waals surface area contributed by atoms with E-state index in [1.54, 1.807) is 6.92 Å². The fourth-order valence-corrected chi connectivity index (χ4v) is 0.909. The highest BCUT2D eigenvalue weighted by Crippen LogP contribution is 1.96. The fraction of sp³-hybridized carbons (Fsp3) is 0.714. The molecule has 0 bridgehead atoms. The molecule has 0 aliphatic carbocycles. The van der Waals surface area contributed by atoms with E-state index in [1.165, 1.54) is 4.68 Å². The summed E-state index contributed by atoms with van der Waals surface area (Å²) in [5, 5.41) is 10.7. The molecule has 1 heterocycles. The lowest BCUT2D eigenvalue weighted by atomic mass is 10.5. The van der Waals surface area contributed by atoms with Crippen molar-refractivity contribution in [2.75, 3.05) is 6.61 Å². The zero-order chi connectivity index (χ0) is 9.68. The molecule has 0 fully saturated rings. The van der Waals surface area contributed by atoms with Gasteiger partial charge in [-0.1, -0.05) is 6.92 Å². The van der Waals surface area contributed by atoms with Crippen molar-refractivity contribution in [2.45, 2.75) is 26.8 Å². The van der Waals surface area contributed by atoms with Crippen LogP contribution in [-0.4, -0.2) is 32.8 Å². The number of hydrogen-bond acceptors (Lipinski definition) is 5. The molecule has 1 rings (SSSR count). The summed E-state index contributed by atoms with van der Waals surface area (Å²) in [6.45, 7) is 4.68. The predicted octanol–water partition coefficient (Wildman–Crippen LogP) is 0.260. The van der Waals surface area contributed by atoms with Crippen LogP contribution in [0.5, 0.6) is 0 Å². The van der Waals surface area contributed by atoms with Gasteiger partial charge in [0.1, 0.15) is 0 Å². The highest BCUT2D eigenvalue weighted by atomic mass is 16.5. The number of carbonyl (C=O) groups excluding carboxylic acids is 1. The molecule has 13 heavy (non-hydrogen) atoms. The maximum atomic E-state index is 11.2. The number of tetrazole rings is 1. The largest absolute Gasteiger partial charge is 0.460 e. The topological polar surface area (TPSA) is 69.9 Å². The Bertz CT molecular complexity index is 284. The van der Waals surface area contributed by atoms with Gasteiger partial charge in [0.15, 0.2) is 0 Å². The average Bonchev–Trinajstić information content (AvgIpc) is 2.54. The first-order valence-corrected chi connectivity index (χ1v) is 4.22. The number of hydrogen-bond donors (Lipinski definition) is 0. The Morgan fingerprint density at radius 3 is 2.92 bits per heavy atom. The van der Waals surface area contributed by atoms with Gasteiger partial charge in [-0.2, -0.15) is 0 Å². The van der Waals surface area contributed by atoms with Crippen molar-refractivity contribution in [1.29, 1.82) is 0 Å². The Balaban J connectivity index is 2.74. The summed E-state index contributed by atoms with van der Waals surface area (Å²) in [6.07, 6.45) is 0.872. The average molecular weight is 184 g/mol. The van der Waals surface area contributed by atoms with Gasteiger partial charge < -0.3 is 4.74 Å². The highest BCUT2D eigenvalue weighted by Gasteiger charge is 2.15. The van der Waals surface area contributed by atoms with Crippen LogP contribution in [0.25, 0.3) is 0 Å². The minimum atomic E-state index is -0.471. The van der Waals surface area contributed by atoms with E-state index in [1.807, 2.05) is 6.92 Å². The smallest absolute Gasteiger partial charge is 0.378 e. The minimum absolute atomic E-state index is 0.170. The van der Waals surface area contributed by atoms with Crippen LogP contribution in [0.2, 0.25) is 0 Å². The van der Waals surface area contributed by atoms with Crippen molar-refractivity contribution in [3.8, 4) is 0 Å². The van der Waals surface area contributed by atoms with E-state index in [0.29, 0.717) is 13.2 Å². The second-order valence-electron chi connectivity index (χ2n) is 2.45. The third-order valence-electron chi connectivity index (χ3n) is 1.43. The molecule has 0 aliphatic heterocycles. The minimum Gasteiger partial charge on any atom is -0.460 e. The number of carbonyl (C=O) groups is 1. The Labute approximate surface area is 75.9 Å². The normalized spacial score (nSPS) is 10.0. The Morgan fingerprint density at radius 1 is 1.54 bits per heavy atom. The van der Waals surface area contributed by atoms with E-state index in [0.717, 1.165) is 6.42 Å². The summed E-state index contributed by atoms with van der Waals surface area (Å²) in [5.41, 5.74) is 0. The molecule has 0 saturated carbocycles. The van der Waals surface area contributed by atoms with E-state index in [4.69, 9.17) is 4.74 Å². The van der Waals surface area contributed by atoms with Gasteiger partial charge in [0.25, 0.3) is 5.82 Å². The molecule has 0 spiro atoms. The van der Waals surface area contributed by atoms with Gasteiger partial charge in [-0.25, -0.2) is 9.48 Å². The van der Waals surface area contributed by atoms with Crippen LogP contribution in [0.4, 0.5) is 0 Å². The zero-order valence-electron chi connectivity index (χ0n) is 7.73. The Morgan fingerprint density at radius 2 is 2.31 bits per heavy atom. The first-order valence-electron chi connectivity index (χ1n) is 4.22. The molecule has 0 N–H and O–H groups in total. The molecular weight excluding hydrogens is 172 g/mol. The summed E-state index contributed by atoms with van der Waals surface area (Å²) in [6, 6.07) is 0. The van der Waals surface area contributed by atoms with Crippen LogP contribution >= 0.6 is 0 Å². The second kappa shape index (κ2) is 4.54. The molecule has 0 saturated heterocycles. The summed E-state index contributed by atoms with van der Waals surface area (Å²) in [7, 11) is 0. The first kappa shape index (κ1) is 9.63. The van der Waals surface area contributed by atoms with E-state index in [2.05, 4.69) is 15.5 Å². The van der Waals surface area contributed by atoms with E-state index < -0.39 is 5.97 Å². The van der Waals surface area contributed by atoms with Gasteiger partial charge >= 0.3 is 5.97 Å². The van der Waals surface area contributed by atoms with Crippen LogP contribution in [0.15, 0.2) is 0 Å². The third kappa shape index (κ3) is 2.24. The number of nitrogens with zero attached hydrogens (tertiary/aromatic N) is 4. The number of aromatic nitrogens is 4. The van der Waals surface area contributed by atoms with Crippen molar-refractivity contribution in [1.82, 2.24) is 20.2 Å².